The standard InChI is InChI=1S/C17H18N8OS/c1-11-21-14(6-15(22-11)23-17-24-20-10-27-17)12-4-5-25(8-12)16(26)3-2-13-7-18-9-19-13/h2-3,6-7,9-10,12H,4-5,8H2,1H3,(H,18,19)(H,21,22,23,24)/b3-2+/t12-/m1/s1. The Morgan fingerprint density at radius 2 is 2.37 bits per heavy atom. The van der Waals surface area contributed by atoms with Crippen LogP contribution in [0.5, 0.6) is 0 Å². The van der Waals surface area contributed by atoms with Crippen LogP contribution in [0, 0.1) is 6.92 Å². The van der Waals surface area contributed by atoms with Gasteiger partial charge in [-0.2, -0.15) is 0 Å². The van der Waals surface area contributed by atoms with Gasteiger partial charge >= 0.3 is 0 Å². The van der Waals surface area contributed by atoms with Crippen LogP contribution in [0.15, 0.2) is 30.2 Å². The highest BCUT2D eigenvalue weighted by Gasteiger charge is 2.27. The van der Waals surface area contributed by atoms with Gasteiger partial charge in [0.15, 0.2) is 0 Å². The van der Waals surface area contributed by atoms with Gasteiger partial charge in [-0.05, 0) is 19.4 Å². The molecule has 4 heterocycles. The second kappa shape index (κ2) is 7.62. The highest BCUT2D eigenvalue weighted by atomic mass is 32.1. The minimum atomic E-state index is -0.00918. The number of likely N-dealkylation sites (tertiary alicyclic amines) is 1. The first-order chi connectivity index (χ1) is 13.2. The van der Waals surface area contributed by atoms with Crippen molar-refractivity contribution in [1.29, 1.82) is 0 Å². The van der Waals surface area contributed by atoms with E-state index in [1.54, 1.807) is 30.2 Å². The lowest BCUT2D eigenvalue weighted by Crippen LogP contribution is -2.26. The fourth-order valence-corrected chi connectivity index (χ4v) is 3.48. The Morgan fingerprint density at radius 1 is 1.44 bits per heavy atom. The van der Waals surface area contributed by atoms with Crippen LogP contribution in [0.3, 0.4) is 0 Å². The van der Waals surface area contributed by atoms with E-state index in [4.69, 9.17) is 0 Å². The van der Waals surface area contributed by atoms with Gasteiger partial charge in [0.05, 0.1) is 23.9 Å². The number of carbonyl (C=O) groups excluding carboxylic acids is 1. The molecule has 0 aliphatic carbocycles. The lowest BCUT2D eigenvalue weighted by Gasteiger charge is -2.15. The molecule has 0 aromatic carbocycles. The summed E-state index contributed by atoms with van der Waals surface area (Å²) in [7, 11) is 0. The van der Waals surface area contributed by atoms with Crippen molar-refractivity contribution < 1.29 is 4.79 Å². The minimum Gasteiger partial charge on any atom is -0.345 e. The van der Waals surface area contributed by atoms with Crippen molar-refractivity contribution in [3.8, 4) is 0 Å². The van der Waals surface area contributed by atoms with E-state index >= 15 is 0 Å². The van der Waals surface area contributed by atoms with Gasteiger partial charge in [-0.1, -0.05) is 11.3 Å². The third-order valence-corrected chi connectivity index (χ3v) is 4.90. The van der Waals surface area contributed by atoms with Gasteiger partial charge in [-0.25, -0.2) is 15.0 Å². The molecule has 1 amide bonds. The van der Waals surface area contributed by atoms with Crippen molar-refractivity contribution in [1.82, 2.24) is 35.0 Å². The Bertz CT molecular complexity index is 938. The minimum absolute atomic E-state index is 0.00918. The van der Waals surface area contributed by atoms with Crippen LogP contribution < -0.4 is 5.32 Å². The number of nitrogens with one attached hydrogen (secondary N) is 2. The number of nitrogens with zero attached hydrogens (tertiary/aromatic N) is 6. The summed E-state index contributed by atoms with van der Waals surface area (Å²) in [5.41, 5.74) is 3.40. The molecule has 10 heteroatoms. The van der Waals surface area contributed by atoms with Gasteiger partial charge < -0.3 is 15.2 Å². The van der Waals surface area contributed by atoms with E-state index in [1.807, 2.05) is 17.9 Å². The van der Waals surface area contributed by atoms with E-state index in [2.05, 4.69) is 35.5 Å². The van der Waals surface area contributed by atoms with E-state index in [1.165, 1.54) is 11.3 Å². The molecule has 2 N–H and O–H groups in total. The monoisotopic (exact) mass is 382 g/mol. The lowest BCUT2D eigenvalue weighted by atomic mass is 10.0. The molecule has 3 aromatic rings. The van der Waals surface area contributed by atoms with Gasteiger partial charge in [0.25, 0.3) is 0 Å². The fraction of sp³-hybridized carbons (Fsp3) is 0.294. The number of carbonyl (C=O) groups is 1. The molecule has 1 aliphatic heterocycles. The van der Waals surface area contributed by atoms with Crippen molar-refractivity contribution >= 4 is 34.3 Å². The summed E-state index contributed by atoms with van der Waals surface area (Å²) in [6, 6.07) is 1.92. The molecule has 0 saturated carbocycles. The van der Waals surface area contributed by atoms with Crippen molar-refractivity contribution in [2.45, 2.75) is 19.3 Å². The second-order valence-corrected chi connectivity index (χ2v) is 7.04. The first-order valence-electron chi connectivity index (χ1n) is 8.51. The zero-order valence-electron chi connectivity index (χ0n) is 14.7. The van der Waals surface area contributed by atoms with Gasteiger partial charge in [0.2, 0.25) is 11.0 Å². The molecule has 27 heavy (non-hydrogen) atoms. The molecule has 0 bridgehead atoms. The molecule has 0 unspecified atom stereocenters. The SMILES string of the molecule is Cc1nc(Nc2nncs2)cc([C@@H]2CCN(C(=O)/C=C/c3cnc[nH]3)C2)n1. The Hall–Kier alpha value is -3.14. The van der Waals surface area contributed by atoms with E-state index < -0.39 is 0 Å². The molecule has 1 aliphatic rings. The summed E-state index contributed by atoms with van der Waals surface area (Å²) in [6.45, 7) is 3.21. The van der Waals surface area contributed by atoms with E-state index in [-0.39, 0.29) is 11.8 Å². The predicted molar refractivity (Wildman–Crippen MR) is 102 cm³/mol. The zero-order valence-corrected chi connectivity index (χ0v) is 15.5. The lowest BCUT2D eigenvalue weighted by molar-refractivity contribution is -0.124. The van der Waals surface area contributed by atoms with Crippen LogP contribution in [-0.2, 0) is 4.79 Å². The normalized spacial score (nSPS) is 16.9. The third-order valence-electron chi connectivity index (χ3n) is 4.30. The number of aryl methyl sites for hydroxylation is 1. The molecule has 1 fully saturated rings. The Labute approximate surface area is 159 Å². The molecule has 1 saturated heterocycles. The number of aromatic amines is 1. The number of hydrogen-bond acceptors (Lipinski definition) is 8. The van der Waals surface area contributed by atoms with Gasteiger partial charge in [-0.15, -0.1) is 10.2 Å². The average molecular weight is 382 g/mol. The van der Waals surface area contributed by atoms with Crippen molar-refractivity contribution in [3.05, 3.63) is 47.4 Å². The topological polar surface area (TPSA) is 113 Å². The Kier molecular flexibility index (Phi) is 4.88. The molecule has 4 rings (SSSR count). The van der Waals surface area contributed by atoms with E-state index in [0.29, 0.717) is 29.9 Å². The summed E-state index contributed by atoms with van der Waals surface area (Å²) in [6.07, 6.45) is 7.44. The molecular weight excluding hydrogens is 364 g/mol. The third kappa shape index (κ3) is 4.17. The molecule has 0 spiro atoms. The van der Waals surface area contributed by atoms with Gasteiger partial charge in [0, 0.05) is 31.1 Å². The molecule has 3 aromatic heterocycles. The number of amides is 1. The van der Waals surface area contributed by atoms with Crippen LogP contribution in [0.1, 0.15) is 29.6 Å². The van der Waals surface area contributed by atoms with Gasteiger partial charge in [0.1, 0.15) is 17.2 Å². The summed E-state index contributed by atoms with van der Waals surface area (Å²) in [4.78, 5) is 30.1. The molecular formula is C17H18N8OS. The Balaban J connectivity index is 1.43. The second-order valence-electron chi connectivity index (χ2n) is 6.20. The van der Waals surface area contributed by atoms with Crippen molar-refractivity contribution in [2.24, 2.45) is 0 Å². The maximum absolute atomic E-state index is 12.4. The van der Waals surface area contributed by atoms with Gasteiger partial charge in [-0.3, -0.25) is 4.79 Å². The highest BCUT2D eigenvalue weighted by Crippen LogP contribution is 2.28. The Morgan fingerprint density at radius 3 is 3.15 bits per heavy atom. The van der Waals surface area contributed by atoms with Crippen LogP contribution >= 0.6 is 11.3 Å². The van der Waals surface area contributed by atoms with E-state index in [0.717, 1.165) is 17.8 Å². The van der Waals surface area contributed by atoms with Crippen molar-refractivity contribution in [2.75, 3.05) is 18.4 Å². The maximum Gasteiger partial charge on any atom is 0.246 e. The summed E-state index contributed by atoms with van der Waals surface area (Å²) >= 11 is 1.41. The highest BCUT2D eigenvalue weighted by molar-refractivity contribution is 7.13. The van der Waals surface area contributed by atoms with E-state index in [9.17, 15) is 4.79 Å². The zero-order chi connectivity index (χ0) is 18.6. The molecule has 9 nitrogen and oxygen atoms in total. The number of imidazole rings is 1. The number of aromatic nitrogens is 6. The maximum atomic E-state index is 12.4. The quantitative estimate of drug-likeness (QED) is 0.650. The molecule has 1 atom stereocenters. The summed E-state index contributed by atoms with van der Waals surface area (Å²) < 4.78 is 0. The smallest absolute Gasteiger partial charge is 0.246 e. The molecule has 138 valence electrons. The van der Waals surface area contributed by atoms with Crippen LogP contribution in [0.4, 0.5) is 10.9 Å². The fourth-order valence-electron chi connectivity index (χ4n) is 3.03. The first kappa shape index (κ1) is 17.3. The summed E-state index contributed by atoms with van der Waals surface area (Å²) in [5.74, 6) is 1.55. The largest absolute Gasteiger partial charge is 0.345 e. The van der Waals surface area contributed by atoms with Crippen LogP contribution in [0.2, 0.25) is 0 Å². The summed E-state index contributed by atoms with van der Waals surface area (Å²) in [5, 5.41) is 11.6. The van der Waals surface area contributed by atoms with Crippen LogP contribution in [-0.4, -0.2) is 54.0 Å². The number of anilines is 2. The average Bonchev–Trinajstić information content (AvgIpc) is 3.40. The molecule has 0 radical (unpaired) electrons. The number of H-pyrrole nitrogens is 1. The number of rotatable bonds is 5. The van der Waals surface area contributed by atoms with Crippen LogP contribution in [0.25, 0.3) is 6.08 Å². The number of hydrogen-bond donors (Lipinski definition) is 2. The predicted octanol–water partition coefficient (Wildman–Crippen LogP) is 2.13. The first-order valence-corrected chi connectivity index (χ1v) is 9.39. The van der Waals surface area contributed by atoms with Crippen molar-refractivity contribution in [3.63, 3.8) is 0 Å².